The molecule has 0 atom stereocenters. The second kappa shape index (κ2) is 7.74. The molecule has 1 aliphatic rings. The average molecular weight is 328 g/mol. The van der Waals surface area contributed by atoms with Gasteiger partial charge in [0.15, 0.2) is 0 Å². The van der Waals surface area contributed by atoms with Crippen LogP contribution in [0.25, 0.3) is 0 Å². The van der Waals surface area contributed by atoms with Gasteiger partial charge in [0.1, 0.15) is 23.6 Å². The number of amides is 1. The van der Waals surface area contributed by atoms with Crippen molar-refractivity contribution >= 4 is 17.4 Å². The zero-order valence-electron chi connectivity index (χ0n) is 13.6. The highest BCUT2D eigenvalue weighted by Gasteiger charge is 2.15. The van der Waals surface area contributed by atoms with E-state index in [0.29, 0.717) is 31.2 Å². The van der Waals surface area contributed by atoms with Crippen LogP contribution in [0.15, 0.2) is 36.7 Å². The summed E-state index contributed by atoms with van der Waals surface area (Å²) in [5.74, 6) is 1.24. The van der Waals surface area contributed by atoms with E-state index in [-0.39, 0.29) is 5.91 Å². The fourth-order valence-electron chi connectivity index (χ4n) is 2.43. The van der Waals surface area contributed by atoms with Crippen molar-refractivity contribution in [3.05, 3.63) is 42.4 Å². The normalized spacial score (nSPS) is 14.3. The molecule has 1 saturated heterocycles. The Balaban J connectivity index is 1.68. The lowest BCUT2D eigenvalue weighted by atomic mass is 10.2. The van der Waals surface area contributed by atoms with Gasteiger partial charge in [0.05, 0.1) is 19.8 Å². The van der Waals surface area contributed by atoms with Gasteiger partial charge in [-0.3, -0.25) is 4.79 Å². The van der Waals surface area contributed by atoms with E-state index in [9.17, 15) is 4.79 Å². The molecule has 0 saturated carbocycles. The smallest absolute Gasteiger partial charge is 0.274 e. The van der Waals surface area contributed by atoms with Crippen molar-refractivity contribution in [2.75, 3.05) is 43.1 Å². The molecule has 1 fully saturated rings. The van der Waals surface area contributed by atoms with E-state index in [1.54, 1.807) is 18.2 Å². The van der Waals surface area contributed by atoms with E-state index >= 15 is 0 Å². The van der Waals surface area contributed by atoms with Gasteiger partial charge in [0.2, 0.25) is 0 Å². The van der Waals surface area contributed by atoms with Crippen molar-refractivity contribution in [1.29, 1.82) is 0 Å². The Bertz CT molecular complexity index is 684. The minimum atomic E-state index is -0.268. The third-order valence-electron chi connectivity index (χ3n) is 3.64. The van der Waals surface area contributed by atoms with Crippen LogP contribution in [0.2, 0.25) is 0 Å². The maximum atomic E-state index is 12.4. The predicted molar refractivity (Wildman–Crippen MR) is 90.6 cm³/mol. The molecule has 1 aromatic carbocycles. The number of aromatic nitrogens is 2. The molecule has 0 aliphatic carbocycles. The van der Waals surface area contributed by atoms with Crippen LogP contribution in [-0.4, -0.2) is 48.8 Å². The third-order valence-corrected chi connectivity index (χ3v) is 3.64. The summed E-state index contributed by atoms with van der Waals surface area (Å²) in [4.78, 5) is 22.8. The Kier molecular flexibility index (Phi) is 5.22. The molecule has 0 unspecified atom stereocenters. The molecule has 2 heterocycles. The van der Waals surface area contributed by atoms with Crippen LogP contribution in [0.3, 0.4) is 0 Å². The summed E-state index contributed by atoms with van der Waals surface area (Å²) in [5, 5.41) is 2.83. The number of hydrogen-bond donors (Lipinski definition) is 1. The highest BCUT2D eigenvalue weighted by molar-refractivity contribution is 6.03. The molecular weight excluding hydrogens is 308 g/mol. The molecule has 1 aliphatic heterocycles. The second-order valence-electron chi connectivity index (χ2n) is 5.27. The molecule has 0 bridgehead atoms. The standard InChI is InChI=1S/C17H20N4O3/c1-2-24-14-5-3-13(4-6-14)20-17(22)15-11-16(19-12-18-15)21-7-9-23-10-8-21/h3-6,11-12H,2,7-10H2,1H3,(H,20,22). The van der Waals surface area contributed by atoms with E-state index in [4.69, 9.17) is 9.47 Å². The van der Waals surface area contributed by atoms with Crippen molar-refractivity contribution < 1.29 is 14.3 Å². The molecule has 2 aromatic rings. The molecule has 1 aromatic heterocycles. The second-order valence-corrected chi connectivity index (χ2v) is 5.27. The van der Waals surface area contributed by atoms with E-state index in [1.165, 1.54) is 6.33 Å². The van der Waals surface area contributed by atoms with E-state index in [1.807, 2.05) is 19.1 Å². The van der Waals surface area contributed by atoms with Gasteiger partial charge in [0, 0.05) is 24.8 Å². The summed E-state index contributed by atoms with van der Waals surface area (Å²) >= 11 is 0. The molecule has 7 nitrogen and oxygen atoms in total. The Labute approximate surface area is 140 Å². The molecule has 1 amide bonds. The van der Waals surface area contributed by atoms with Crippen LogP contribution in [0.4, 0.5) is 11.5 Å². The summed E-state index contributed by atoms with van der Waals surface area (Å²) in [6.07, 6.45) is 1.41. The van der Waals surface area contributed by atoms with E-state index in [0.717, 1.165) is 24.7 Å². The zero-order valence-corrected chi connectivity index (χ0v) is 13.6. The van der Waals surface area contributed by atoms with Gasteiger partial charge in [0.25, 0.3) is 5.91 Å². The van der Waals surface area contributed by atoms with Crippen LogP contribution < -0.4 is 15.0 Å². The van der Waals surface area contributed by atoms with Gasteiger partial charge in [-0.25, -0.2) is 9.97 Å². The zero-order chi connectivity index (χ0) is 16.8. The number of nitrogens with zero attached hydrogens (tertiary/aromatic N) is 3. The number of carbonyl (C=O) groups excluding carboxylic acids is 1. The number of anilines is 2. The number of morpholine rings is 1. The first kappa shape index (κ1) is 16.2. The summed E-state index contributed by atoms with van der Waals surface area (Å²) < 4.78 is 10.7. The molecule has 3 rings (SSSR count). The largest absolute Gasteiger partial charge is 0.494 e. The van der Waals surface area contributed by atoms with Crippen LogP contribution in [0.1, 0.15) is 17.4 Å². The minimum Gasteiger partial charge on any atom is -0.494 e. The van der Waals surface area contributed by atoms with Crippen LogP contribution in [0, 0.1) is 0 Å². The van der Waals surface area contributed by atoms with Crippen molar-refractivity contribution in [2.24, 2.45) is 0 Å². The predicted octanol–water partition coefficient (Wildman–Crippen LogP) is 1.96. The number of hydrogen-bond acceptors (Lipinski definition) is 6. The van der Waals surface area contributed by atoms with Crippen molar-refractivity contribution in [3.63, 3.8) is 0 Å². The van der Waals surface area contributed by atoms with Gasteiger partial charge in [-0.05, 0) is 31.2 Å². The van der Waals surface area contributed by atoms with Crippen molar-refractivity contribution in [2.45, 2.75) is 6.92 Å². The highest BCUT2D eigenvalue weighted by atomic mass is 16.5. The maximum Gasteiger partial charge on any atom is 0.274 e. The molecule has 7 heteroatoms. The monoisotopic (exact) mass is 328 g/mol. The molecule has 0 spiro atoms. The number of rotatable bonds is 5. The summed E-state index contributed by atoms with van der Waals surface area (Å²) in [6.45, 7) is 5.39. The molecule has 24 heavy (non-hydrogen) atoms. The van der Waals surface area contributed by atoms with Crippen molar-refractivity contribution in [1.82, 2.24) is 9.97 Å². The third kappa shape index (κ3) is 3.99. The number of carbonyl (C=O) groups is 1. The van der Waals surface area contributed by atoms with Gasteiger partial charge in [-0.2, -0.15) is 0 Å². The maximum absolute atomic E-state index is 12.4. The molecule has 1 N–H and O–H groups in total. The lowest BCUT2D eigenvalue weighted by molar-refractivity contribution is 0.102. The summed E-state index contributed by atoms with van der Waals surface area (Å²) in [5.41, 5.74) is 1.02. The minimum absolute atomic E-state index is 0.268. The Morgan fingerprint density at radius 1 is 1.25 bits per heavy atom. The first-order valence-electron chi connectivity index (χ1n) is 7.95. The molecule has 0 radical (unpaired) electrons. The van der Waals surface area contributed by atoms with Crippen LogP contribution >= 0.6 is 0 Å². The Hall–Kier alpha value is -2.67. The lowest BCUT2D eigenvalue weighted by Crippen LogP contribution is -2.37. The first-order valence-corrected chi connectivity index (χ1v) is 7.95. The summed E-state index contributed by atoms with van der Waals surface area (Å²) in [6, 6.07) is 8.94. The van der Waals surface area contributed by atoms with Crippen molar-refractivity contribution in [3.8, 4) is 5.75 Å². The fraction of sp³-hybridized carbons (Fsp3) is 0.353. The summed E-state index contributed by atoms with van der Waals surface area (Å²) in [7, 11) is 0. The van der Waals surface area contributed by atoms with Gasteiger partial charge < -0.3 is 19.7 Å². The van der Waals surface area contributed by atoms with Gasteiger partial charge in [-0.15, -0.1) is 0 Å². The van der Waals surface area contributed by atoms with Crippen LogP contribution in [-0.2, 0) is 4.74 Å². The SMILES string of the molecule is CCOc1ccc(NC(=O)c2cc(N3CCOCC3)ncn2)cc1. The number of nitrogens with one attached hydrogen (secondary N) is 1. The van der Waals surface area contributed by atoms with Crippen LogP contribution in [0.5, 0.6) is 5.75 Å². The van der Waals surface area contributed by atoms with Gasteiger partial charge in [-0.1, -0.05) is 0 Å². The van der Waals surface area contributed by atoms with Gasteiger partial charge >= 0.3 is 0 Å². The quantitative estimate of drug-likeness (QED) is 0.904. The average Bonchev–Trinajstić information content (AvgIpc) is 2.64. The molecule has 126 valence electrons. The van der Waals surface area contributed by atoms with E-state index < -0.39 is 0 Å². The highest BCUT2D eigenvalue weighted by Crippen LogP contribution is 2.17. The topological polar surface area (TPSA) is 76.6 Å². The molecular formula is C17H20N4O3. The fourth-order valence-corrected chi connectivity index (χ4v) is 2.43. The number of ether oxygens (including phenoxy) is 2. The Morgan fingerprint density at radius 3 is 2.71 bits per heavy atom. The number of benzene rings is 1. The first-order chi connectivity index (χ1) is 11.8. The van der Waals surface area contributed by atoms with E-state index in [2.05, 4.69) is 20.2 Å². The lowest BCUT2D eigenvalue weighted by Gasteiger charge is -2.27. The Morgan fingerprint density at radius 2 is 2.00 bits per heavy atom.